The maximum absolute atomic E-state index is 15.3. The van der Waals surface area contributed by atoms with Crippen molar-refractivity contribution in [3.05, 3.63) is 235 Å². The zero-order chi connectivity index (χ0) is 73.7. The molecule has 0 unspecified atom stereocenters. The summed E-state index contributed by atoms with van der Waals surface area (Å²) in [6.45, 7) is 46.0. The summed E-state index contributed by atoms with van der Waals surface area (Å²) < 4.78 is 1.29. The number of rotatable bonds is 16. The summed E-state index contributed by atoms with van der Waals surface area (Å²) in [5.41, 5.74) is 13.7. The topological polar surface area (TPSA) is 81.2 Å². The second-order valence-electron chi connectivity index (χ2n) is 36.7. The molecule has 0 atom stereocenters. The zero-order valence-corrected chi connectivity index (χ0v) is 66.5. The van der Waals surface area contributed by atoms with Crippen LogP contribution in [0.15, 0.2) is 191 Å². The Bertz CT molecular complexity index is 4680. The van der Waals surface area contributed by atoms with Gasteiger partial charge in [-0.05, 0) is 223 Å². The van der Waals surface area contributed by atoms with E-state index in [1.54, 1.807) is 0 Å². The van der Waals surface area contributed by atoms with Gasteiger partial charge in [0.15, 0.2) is 0 Å². The molecule has 2 aliphatic rings. The number of carbonyl (C=O) groups excluding carboxylic acids is 4. The Morgan fingerprint density at radius 3 is 0.706 bits per heavy atom. The van der Waals surface area contributed by atoms with Gasteiger partial charge in [-0.3, -0.25) is 19.2 Å². The first-order chi connectivity index (χ1) is 47.5. The minimum atomic E-state index is -0.440. The number of hydrogen-bond donors (Lipinski definition) is 0. The molecule has 11 aromatic carbocycles. The predicted molar refractivity (Wildman–Crippen MR) is 436 cm³/mol. The van der Waals surface area contributed by atoms with E-state index in [1.165, 1.54) is 32.1 Å². The lowest BCUT2D eigenvalue weighted by Gasteiger charge is -2.34. The lowest BCUT2D eigenvalue weighted by molar-refractivity contribution is 0.0877. The van der Waals surface area contributed by atoms with Gasteiger partial charge in [0.05, 0.1) is 22.5 Å². The van der Waals surface area contributed by atoms with E-state index in [1.807, 2.05) is 84.9 Å². The molecule has 2 heterocycles. The fourth-order valence-electron chi connectivity index (χ4n) is 18.2. The van der Waals surface area contributed by atoms with Gasteiger partial charge in [-0.15, -0.1) is 0 Å². The van der Waals surface area contributed by atoms with Crippen LogP contribution >= 0.6 is 31.9 Å². The SMILES string of the molecule is CC(C)(C)CC(C)(C)c1ccc(N(c2ccc(N3C(=O)c4ccc5c6c(Br)cc7c8c(ccc(c9c(Br)cc(c4c59)C3=O)c86)C(=O)N(c3ccc(N(c4ccc(C(C)(C)CC(C)(C)C)cc4)c4ccc(C(C)(C)CC(C)(C)C)cc4)cc3)C7=O)cc2)c2ccc(C(C)(C)CC(C)(C)C)cc2)cc1. The van der Waals surface area contributed by atoms with Crippen LogP contribution in [-0.2, 0) is 21.7 Å². The summed E-state index contributed by atoms with van der Waals surface area (Å²) in [6, 6.07) is 62.2. The van der Waals surface area contributed by atoms with E-state index in [2.05, 4.69) is 277 Å². The fourth-order valence-corrected chi connectivity index (χ4v) is 19.5. The Balaban J connectivity index is 0.835. The molecule has 0 saturated carbocycles. The molecular formula is C92H98Br2N4O4. The van der Waals surface area contributed by atoms with Crippen molar-refractivity contribution in [2.75, 3.05) is 19.6 Å². The smallest absolute Gasteiger partial charge is 0.266 e. The van der Waals surface area contributed by atoms with E-state index < -0.39 is 23.6 Å². The number of benzene rings is 11. The quantitative estimate of drug-likeness (QED) is 0.0545. The van der Waals surface area contributed by atoms with E-state index in [-0.39, 0.29) is 43.3 Å². The van der Waals surface area contributed by atoms with Crippen molar-refractivity contribution in [3.8, 4) is 0 Å². The van der Waals surface area contributed by atoms with Gasteiger partial charge in [-0.2, -0.15) is 0 Å². The van der Waals surface area contributed by atoms with Gasteiger partial charge in [0.2, 0.25) is 0 Å². The monoisotopic (exact) mass is 1480 g/mol. The molecule has 0 N–H and O–H groups in total. The first kappa shape index (κ1) is 71.9. The van der Waals surface area contributed by atoms with E-state index in [0.717, 1.165) is 92.1 Å². The van der Waals surface area contributed by atoms with Crippen molar-refractivity contribution >= 4 is 144 Å². The highest BCUT2D eigenvalue weighted by Gasteiger charge is 2.41. The lowest BCUT2D eigenvalue weighted by Crippen LogP contribution is -2.40. The van der Waals surface area contributed by atoms with Crippen molar-refractivity contribution < 1.29 is 19.2 Å². The van der Waals surface area contributed by atoms with Gasteiger partial charge in [0.1, 0.15) is 0 Å². The minimum absolute atomic E-state index is 0.0437. The summed E-state index contributed by atoms with van der Waals surface area (Å²) in [4.78, 5) is 68.3. The average molecular weight is 1480 g/mol. The Morgan fingerprint density at radius 2 is 0.480 bits per heavy atom. The number of carbonyl (C=O) groups is 4. The second kappa shape index (κ2) is 25.2. The Labute approximate surface area is 621 Å². The number of amides is 4. The van der Waals surface area contributed by atoms with E-state index in [0.29, 0.717) is 53.3 Å². The Morgan fingerprint density at radius 1 is 0.265 bits per heavy atom. The van der Waals surface area contributed by atoms with Crippen LogP contribution in [0.1, 0.15) is 228 Å². The average Bonchev–Trinajstić information content (AvgIpc) is 0.681. The van der Waals surface area contributed by atoms with Crippen molar-refractivity contribution in [3.63, 3.8) is 0 Å². The zero-order valence-electron chi connectivity index (χ0n) is 63.3. The molecule has 2 aliphatic heterocycles. The highest BCUT2D eigenvalue weighted by Crippen LogP contribution is 2.53. The van der Waals surface area contributed by atoms with Crippen molar-refractivity contribution in [1.29, 1.82) is 0 Å². The molecule has 0 aromatic heterocycles. The molecule has 10 heteroatoms. The fraction of sp³-hybridized carbons (Fsp3) is 0.348. The molecule has 0 spiro atoms. The summed E-state index contributed by atoms with van der Waals surface area (Å²) >= 11 is 7.93. The van der Waals surface area contributed by atoms with Crippen LogP contribution in [0.3, 0.4) is 0 Å². The number of anilines is 8. The minimum Gasteiger partial charge on any atom is -0.311 e. The van der Waals surface area contributed by atoms with Crippen LogP contribution in [0, 0.1) is 21.7 Å². The summed E-state index contributed by atoms with van der Waals surface area (Å²) in [7, 11) is 0. The Kier molecular flexibility index (Phi) is 17.8. The maximum atomic E-state index is 15.3. The summed E-state index contributed by atoms with van der Waals surface area (Å²) in [5.74, 6) is -1.74. The Hall–Kier alpha value is -8.44. The van der Waals surface area contributed by atoms with Crippen LogP contribution in [0.5, 0.6) is 0 Å². The first-order valence-corrected chi connectivity index (χ1v) is 37.7. The molecule has 0 fully saturated rings. The van der Waals surface area contributed by atoms with Crippen LogP contribution in [-0.4, -0.2) is 23.6 Å². The van der Waals surface area contributed by atoms with E-state index >= 15 is 19.2 Å². The third-order valence-electron chi connectivity index (χ3n) is 21.0. The standard InChI is InChI=1S/C92H98Br2N4O4/c1-85(2,3)51-89(13,14)55-21-29-59(30-22-55)95(60-31-23-56(24-32-60)90(15,16)52-86(4,5)6)63-37-41-65(42-38-63)97-81(99)69-47-45-67-78-74(94)50-72-76-70(48-46-68(80(76)78)77-73(93)49-71(83(97)101)75(69)79(67)77)82(100)98(84(72)102)66-43-39-64(40-44-66)96(61-33-25-57(26-34-61)91(17,18)53-87(7,8)9)62-35-27-58(28-36-62)92(19,20)54-88(10,11)12/h21-50H,51-54H2,1-20H3. The number of imide groups is 2. The van der Waals surface area contributed by atoms with Gasteiger partial charge in [-0.1, -0.05) is 231 Å². The van der Waals surface area contributed by atoms with Crippen LogP contribution in [0.4, 0.5) is 45.5 Å². The van der Waals surface area contributed by atoms with Crippen molar-refractivity contribution in [2.24, 2.45) is 21.7 Å². The van der Waals surface area contributed by atoms with Crippen LogP contribution < -0.4 is 19.6 Å². The first-order valence-electron chi connectivity index (χ1n) is 36.1. The normalized spacial score (nSPS) is 14.4. The largest absolute Gasteiger partial charge is 0.311 e. The highest BCUT2D eigenvalue weighted by atomic mass is 79.9. The molecular weight excluding hydrogens is 1380 g/mol. The van der Waals surface area contributed by atoms with Crippen molar-refractivity contribution in [1.82, 2.24) is 0 Å². The highest BCUT2D eigenvalue weighted by molar-refractivity contribution is 9.11. The van der Waals surface area contributed by atoms with E-state index in [9.17, 15) is 0 Å². The third kappa shape index (κ3) is 13.3. The van der Waals surface area contributed by atoms with E-state index in [4.69, 9.17) is 0 Å². The number of halogens is 2. The molecule has 0 saturated heterocycles. The second-order valence-corrected chi connectivity index (χ2v) is 38.4. The van der Waals surface area contributed by atoms with Crippen LogP contribution in [0.25, 0.3) is 43.1 Å². The summed E-state index contributed by atoms with van der Waals surface area (Å²) in [5, 5.41) is 5.70. The molecule has 102 heavy (non-hydrogen) atoms. The molecule has 11 aromatic rings. The molecule has 13 rings (SSSR count). The molecule has 8 nitrogen and oxygen atoms in total. The molecule has 524 valence electrons. The number of hydrogen-bond acceptors (Lipinski definition) is 6. The van der Waals surface area contributed by atoms with Crippen LogP contribution in [0.2, 0.25) is 0 Å². The number of fused-ring (bicyclic) bond motifs is 2. The van der Waals surface area contributed by atoms with Gasteiger partial charge in [0.25, 0.3) is 23.6 Å². The van der Waals surface area contributed by atoms with Gasteiger partial charge in [0, 0.05) is 86.5 Å². The van der Waals surface area contributed by atoms with Gasteiger partial charge < -0.3 is 9.80 Å². The molecule has 4 amide bonds. The number of nitrogens with zero attached hydrogens (tertiary/aromatic N) is 4. The molecule has 0 aliphatic carbocycles. The van der Waals surface area contributed by atoms with Gasteiger partial charge >= 0.3 is 0 Å². The van der Waals surface area contributed by atoms with Crippen molar-refractivity contribution in [2.45, 2.75) is 186 Å². The maximum Gasteiger partial charge on any atom is 0.266 e. The lowest BCUT2D eigenvalue weighted by atomic mass is 9.72. The third-order valence-corrected chi connectivity index (χ3v) is 22.2. The predicted octanol–water partition coefficient (Wildman–Crippen LogP) is 26.7. The molecule has 0 radical (unpaired) electrons. The van der Waals surface area contributed by atoms with Gasteiger partial charge in [-0.25, -0.2) is 9.80 Å². The molecule has 0 bridgehead atoms. The summed E-state index contributed by atoms with van der Waals surface area (Å²) in [6.07, 6.45) is 4.11.